The Morgan fingerprint density at radius 2 is 1.76 bits per heavy atom. The zero-order valence-electron chi connectivity index (χ0n) is 8.91. The van der Waals surface area contributed by atoms with Crippen LogP contribution in [0.25, 0.3) is 0 Å². The zero-order valence-corrected chi connectivity index (χ0v) is 9.80. The Morgan fingerprint density at radius 3 is 2.24 bits per heavy atom. The Bertz CT molecular complexity index is 289. The van der Waals surface area contributed by atoms with Crippen molar-refractivity contribution in [3.8, 4) is 0 Å². The number of ether oxygens (including phenoxy) is 2. The molecule has 2 unspecified atom stereocenters. The molecule has 9 nitrogen and oxygen atoms in total. The van der Waals surface area contributed by atoms with Crippen molar-refractivity contribution in [2.24, 2.45) is 0 Å². The molecule has 1 aliphatic heterocycles. The highest BCUT2D eigenvalue weighted by atomic mass is 31.2. The Labute approximate surface area is 96.8 Å². The van der Waals surface area contributed by atoms with Gasteiger partial charge in [-0.2, -0.15) is 0 Å². The average molecular weight is 274 g/mol. The van der Waals surface area contributed by atoms with Crippen molar-refractivity contribution in [2.45, 2.75) is 30.7 Å². The van der Waals surface area contributed by atoms with Gasteiger partial charge in [0.2, 0.25) is 0 Å². The van der Waals surface area contributed by atoms with Crippen LogP contribution in [0.4, 0.5) is 0 Å². The maximum atomic E-state index is 10.5. The topological polar surface area (TPSA) is 146 Å². The van der Waals surface area contributed by atoms with Crippen LogP contribution >= 0.6 is 7.82 Å². The van der Waals surface area contributed by atoms with Crippen molar-refractivity contribution < 1.29 is 43.7 Å². The van der Waals surface area contributed by atoms with Crippen LogP contribution < -0.4 is 0 Å². The van der Waals surface area contributed by atoms with E-state index in [1.807, 2.05) is 0 Å². The Hall–Kier alpha value is -0.0900. The molecule has 0 aromatic carbocycles. The largest absolute Gasteiger partial charge is 0.469 e. The Morgan fingerprint density at radius 1 is 1.18 bits per heavy atom. The molecule has 17 heavy (non-hydrogen) atoms. The summed E-state index contributed by atoms with van der Waals surface area (Å²) in [7, 11) is -3.49. The number of hydrogen-bond donors (Lipinski definition) is 5. The van der Waals surface area contributed by atoms with Gasteiger partial charge in [0.25, 0.3) is 0 Å². The van der Waals surface area contributed by atoms with Gasteiger partial charge in [0, 0.05) is 7.11 Å². The molecule has 0 bridgehead atoms. The van der Waals surface area contributed by atoms with Gasteiger partial charge in [-0.1, -0.05) is 0 Å². The van der Waals surface area contributed by atoms with Gasteiger partial charge in [-0.05, 0) is 0 Å². The van der Waals surface area contributed by atoms with Gasteiger partial charge < -0.3 is 34.6 Å². The molecule has 0 aliphatic carbocycles. The normalized spacial score (nSPS) is 39.3. The fraction of sp³-hybridized carbons (Fsp3) is 1.00. The SMILES string of the molecule is CO[C@@H]1OC(COP(=O)(O)O)[C@H](O)[C@H](O)C1O. The van der Waals surface area contributed by atoms with Crippen molar-refractivity contribution in [1.29, 1.82) is 0 Å². The summed E-state index contributed by atoms with van der Waals surface area (Å²) < 4.78 is 24.3. The molecule has 5 N–H and O–H groups in total. The summed E-state index contributed by atoms with van der Waals surface area (Å²) in [5, 5.41) is 28.3. The van der Waals surface area contributed by atoms with Gasteiger partial charge in [-0.15, -0.1) is 0 Å². The summed E-state index contributed by atoms with van der Waals surface area (Å²) in [6.07, 6.45) is -6.98. The van der Waals surface area contributed by atoms with Crippen molar-refractivity contribution in [3.63, 3.8) is 0 Å². The first kappa shape index (κ1) is 15.0. The van der Waals surface area contributed by atoms with Crippen LogP contribution in [-0.4, -0.2) is 69.5 Å². The third kappa shape index (κ3) is 3.95. The molecule has 1 rings (SSSR count). The minimum atomic E-state index is -4.70. The van der Waals surface area contributed by atoms with Gasteiger partial charge in [0.1, 0.15) is 24.4 Å². The molecule has 0 aromatic heterocycles. The van der Waals surface area contributed by atoms with Crippen LogP contribution in [0.1, 0.15) is 0 Å². The predicted octanol–water partition coefficient (Wildman–Crippen LogP) is -2.45. The maximum Gasteiger partial charge on any atom is 0.469 e. The second kappa shape index (κ2) is 5.70. The van der Waals surface area contributed by atoms with Crippen LogP contribution in [0, 0.1) is 0 Å². The van der Waals surface area contributed by atoms with E-state index >= 15 is 0 Å². The molecule has 1 saturated heterocycles. The van der Waals surface area contributed by atoms with E-state index in [0.29, 0.717) is 0 Å². The second-order valence-corrected chi connectivity index (χ2v) is 4.78. The van der Waals surface area contributed by atoms with Crippen LogP contribution in [0.5, 0.6) is 0 Å². The first-order chi connectivity index (χ1) is 7.76. The van der Waals surface area contributed by atoms with Crippen molar-refractivity contribution in [1.82, 2.24) is 0 Å². The van der Waals surface area contributed by atoms with Crippen LogP contribution in [-0.2, 0) is 18.6 Å². The van der Waals surface area contributed by atoms with E-state index in [-0.39, 0.29) is 0 Å². The molecular weight excluding hydrogens is 259 g/mol. The fourth-order valence-corrected chi connectivity index (χ4v) is 1.76. The number of aliphatic hydroxyl groups is 3. The highest BCUT2D eigenvalue weighted by molar-refractivity contribution is 7.46. The van der Waals surface area contributed by atoms with Crippen LogP contribution in [0.15, 0.2) is 0 Å². The minimum absolute atomic E-state index is 0.644. The van der Waals surface area contributed by atoms with Gasteiger partial charge >= 0.3 is 7.82 Å². The van der Waals surface area contributed by atoms with E-state index < -0.39 is 45.1 Å². The maximum absolute atomic E-state index is 10.5. The predicted molar refractivity (Wildman–Crippen MR) is 51.7 cm³/mol. The van der Waals surface area contributed by atoms with Gasteiger partial charge in [0.15, 0.2) is 6.29 Å². The quantitative estimate of drug-likeness (QED) is 0.352. The molecular formula is C7H15O9P. The molecule has 5 atom stereocenters. The molecule has 0 spiro atoms. The van der Waals surface area contributed by atoms with Crippen molar-refractivity contribution >= 4 is 7.82 Å². The lowest BCUT2D eigenvalue weighted by Gasteiger charge is -2.39. The van der Waals surface area contributed by atoms with Gasteiger partial charge in [-0.3, -0.25) is 4.52 Å². The standard InChI is InChI=1S/C7H15O9P/c1-14-7-6(10)5(9)4(8)3(16-7)2-15-17(11,12)13/h3-10H,2H2,1H3,(H2,11,12,13)/t3?,4-,5-,6?,7+/m0/s1. The number of rotatable bonds is 4. The minimum Gasteiger partial charge on any atom is -0.387 e. The highest BCUT2D eigenvalue weighted by Gasteiger charge is 2.44. The van der Waals surface area contributed by atoms with Crippen LogP contribution in [0.2, 0.25) is 0 Å². The molecule has 1 aliphatic rings. The first-order valence-electron chi connectivity index (χ1n) is 4.69. The Balaban J connectivity index is 2.62. The van der Waals surface area contributed by atoms with Crippen molar-refractivity contribution in [3.05, 3.63) is 0 Å². The lowest BCUT2D eigenvalue weighted by Crippen LogP contribution is -2.59. The molecule has 1 fully saturated rings. The van der Waals surface area contributed by atoms with Gasteiger partial charge in [-0.25, -0.2) is 4.57 Å². The lowest BCUT2D eigenvalue weighted by atomic mass is 9.99. The number of aliphatic hydroxyl groups excluding tert-OH is 3. The number of phosphoric ester groups is 1. The van der Waals surface area contributed by atoms with E-state index in [4.69, 9.17) is 19.3 Å². The average Bonchev–Trinajstić information content (AvgIpc) is 2.24. The number of hydrogen-bond acceptors (Lipinski definition) is 7. The highest BCUT2D eigenvalue weighted by Crippen LogP contribution is 2.36. The van der Waals surface area contributed by atoms with Gasteiger partial charge in [0.05, 0.1) is 6.61 Å². The summed E-state index contributed by atoms with van der Waals surface area (Å²) in [6, 6.07) is 0. The van der Waals surface area contributed by atoms with Crippen molar-refractivity contribution in [2.75, 3.05) is 13.7 Å². The molecule has 0 saturated carbocycles. The second-order valence-electron chi connectivity index (χ2n) is 3.54. The van der Waals surface area contributed by atoms with E-state index in [9.17, 15) is 19.9 Å². The number of methoxy groups -OCH3 is 1. The summed E-state index contributed by atoms with van der Waals surface area (Å²) in [5.74, 6) is 0. The van der Waals surface area contributed by atoms with E-state index in [0.717, 1.165) is 0 Å². The van der Waals surface area contributed by atoms with E-state index in [2.05, 4.69) is 4.52 Å². The third-order valence-electron chi connectivity index (χ3n) is 2.31. The smallest absolute Gasteiger partial charge is 0.387 e. The summed E-state index contributed by atoms with van der Waals surface area (Å²) in [4.78, 5) is 17.0. The number of phosphoric acid groups is 1. The molecule has 0 radical (unpaired) electrons. The molecule has 1 heterocycles. The first-order valence-corrected chi connectivity index (χ1v) is 6.22. The molecule has 102 valence electrons. The molecule has 10 heteroatoms. The molecule has 0 aromatic rings. The van der Waals surface area contributed by atoms with E-state index in [1.165, 1.54) is 7.11 Å². The lowest BCUT2D eigenvalue weighted by molar-refractivity contribution is -0.293. The van der Waals surface area contributed by atoms with Crippen LogP contribution in [0.3, 0.4) is 0 Å². The van der Waals surface area contributed by atoms with E-state index in [1.54, 1.807) is 0 Å². The fourth-order valence-electron chi connectivity index (χ4n) is 1.42. The summed E-state index contributed by atoms with van der Waals surface area (Å²) in [5.41, 5.74) is 0. The zero-order chi connectivity index (χ0) is 13.2. The Kier molecular flexibility index (Phi) is 5.02. The monoisotopic (exact) mass is 274 g/mol. The molecule has 0 amide bonds. The third-order valence-corrected chi connectivity index (χ3v) is 2.79. The summed E-state index contributed by atoms with van der Waals surface area (Å²) >= 11 is 0. The summed E-state index contributed by atoms with van der Waals surface area (Å²) in [6.45, 7) is -0.644.